The Kier molecular flexibility index (Phi) is 5.39. The van der Waals surface area contributed by atoms with Crippen molar-refractivity contribution in [3.8, 4) is 5.75 Å². The summed E-state index contributed by atoms with van der Waals surface area (Å²) < 4.78 is 16.7. The summed E-state index contributed by atoms with van der Waals surface area (Å²) in [6, 6.07) is 9.63. The molecule has 7 nitrogen and oxygen atoms in total. The molecule has 29 heavy (non-hydrogen) atoms. The van der Waals surface area contributed by atoms with Crippen molar-refractivity contribution in [2.45, 2.75) is 20.1 Å². The van der Waals surface area contributed by atoms with E-state index in [-0.39, 0.29) is 18.9 Å². The van der Waals surface area contributed by atoms with Crippen LogP contribution in [0.1, 0.15) is 28.5 Å². The normalized spacial score (nSPS) is 11.1. The first-order valence-corrected chi connectivity index (χ1v) is 9.33. The van der Waals surface area contributed by atoms with E-state index in [2.05, 4.69) is 15.0 Å². The maximum atomic E-state index is 12.4. The Hall–Kier alpha value is -3.45. The van der Waals surface area contributed by atoms with Crippen molar-refractivity contribution in [3.05, 3.63) is 65.7 Å². The highest BCUT2D eigenvalue weighted by Gasteiger charge is 2.21. The zero-order chi connectivity index (χ0) is 20.2. The van der Waals surface area contributed by atoms with E-state index in [1.54, 1.807) is 32.6 Å². The molecule has 0 radical (unpaired) electrons. The number of carbonyl (C=O) groups is 1. The van der Waals surface area contributed by atoms with Crippen molar-refractivity contribution in [2.75, 3.05) is 13.7 Å². The minimum absolute atomic E-state index is 0.226. The number of aromatic nitrogens is 3. The lowest BCUT2D eigenvalue weighted by atomic mass is 10.0. The van der Waals surface area contributed by atoms with Gasteiger partial charge in [0.15, 0.2) is 5.69 Å². The Morgan fingerprint density at radius 2 is 1.90 bits per heavy atom. The fourth-order valence-electron chi connectivity index (χ4n) is 3.39. The topological polar surface area (TPSA) is 86.3 Å². The maximum absolute atomic E-state index is 12.4. The molecule has 4 aromatic rings. The smallest absolute Gasteiger partial charge is 0.357 e. The van der Waals surface area contributed by atoms with Crippen LogP contribution < -0.4 is 4.74 Å². The zero-order valence-corrected chi connectivity index (χ0v) is 16.3. The summed E-state index contributed by atoms with van der Waals surface area (Å²) in [6.07, 6.45) is 5.12. The van der Waals surface area contributed by atoms with E-state index in [1.807, 2.05) is 30.3 Å². The van der Waals surface area contributed by atoms with Crippen molar-refractivity contribution < 1.29 is 19.0 Å². The Morgan fingerprint density at radius 3 is 2.66 bits per heavy atom. The van der Waals surface area contributed by atoms with Gasteiger partial charge in [0.25, 0.3) is 0 Å². The molecule has 7 heteroatoms. The van der Waals surface area contributed by atoms with Crippen LogP contribution in [0.5, 0.6) is 5.75 Å². The molecule has 0 bridgehead atoms. The van der Waals surface area contributed by atoms with E-state index in [0.29, 0.717) is 17.9 Å². The van der Waals surface area contributed by atoms with Gasteiger partial charge in [-0.15, -0.1) is 0 Å². The van der Waals surface area contributed by atoms with Crippen LogP contribution in [0.15, 0.2) is 48.9 Å². The molecular formula is C22H21N3O4. The van der Waals surface area contributed by atoms with Crippen LogP contribution in [-0.4, -0.2) is 34.6 Å². The summed E-state index contributed by atoms with van der Waals surface area (Å²) in [5, 5.41) is 1.74. The molecule has 0 aliphatic carbocycles. The second kappa shape index (κ2) is 8.28. The molecule has 0 amide bonds. The molecule has 148 valence electrons. The molecule has 0 atom stereocenters. The average molecular weight is 391 g/mol. The van der Waals surface area contributed by atoms with Crippen LogP contribution >= 0.6 is 0 Å². The Labute approximate surface area is 167 Å². The van der Waals surface area contributed by atoms with Gasteiger partial charge in [0, 0.05) is 35.8 Å². The summed E-state index contributed by atoms with van der Waals surface area (Å²) in [7, 11) is 1.59. The van der Waals surface area contributed by atoms with Gasteiger partial charge in [0.1, 0.15) is 12.4 Å². The van der Waals surface area contributed by atoms with Gasteiger partial charge in [0.2, 0.25) is 0 Å². The van der Waals surface area contributed by atoms with Crippen LogP contribution in [0.25, 0.3) is 21.8 Å². The molecule has 3 heterocycles. The number of rotatable bonds is 7. The molecule has 0 saturated carbocycles. The summed E-state index contributed by atoms with van der Waals surface area (Å²) in [6.45, 7) is 2.68. The van der Waals surface area contributed by atoms with Gasteiger partial charge in [-0.05, 0) is 36.8 Å². The largest absolute Gasteiger partial charge is 0.488 e. The van der Waals surface area contributed by atoms with Crippen molar-refractivity contribution in [1.29, 1.82) is 0 Å². The maximum Gasteiger partial charge on any atom is 0.357 e. The minimum Gasteiger partial charge on any atom is -0.488 e. The van der Waals surface area contributed by atoms with Crippen LogP contribution in [0.3, 0.4) is 0 Å². The zero-order valence-electron chi connectivity index (χ0n) is 16.3. The number of carbonyl (C=O) groups excluding carboxylic acids is 1. The highest BCUT2D eigenvalue weighted by atomic mass is 16.5. The number of ether oxygens (including phenoxy) is 3. The van der Waals surface area contributed by atoms with Crippen LogP contribution in [0.4, 0.5) is 0 Å². The summed E-state index contributed by atoms with van der Waals surface area (Å²) >= 11 is 0. The first-order valence-electron chi connectivity index (χ1n) is 9.33. The third-order valence-corrected chi connectivity index (χ3v) is 4.63. The molecule has 0 aliphatic heterocycles. The van der Waals surface area contributed by atoms with Gasteiger partial charge in [-0.3, -0.25) is 4.98 Å². The van der Waals surface area contributed by atoms with Crippen molar-refractivity contribution in [3.63, 3.8) is 0 Å². The Balaban J connectivity index is 1.87. The average Bonchev–Trinajstić information content (AvgIpc) is 3.13. The van der Waals surface area contributed by atoms with Gasteiger partial charge in [0.05, 0.1) is 30.4 Å². The number of pyridine rings is 2. The van der Waals surface area contributed by atoms with Crippen LogP contribution in [0, 0.1) is 0 Å². The molecule has 4 rings (SSSR count). The molecule has 0 unspecified atom stereocenters. The number of hydrogen-bond acceptors (Lipinski definition) is 6. The number of fused-ring (bicyclic) bond motifs is 3. The molecular weight excluding hydrogens is 370 g/mol. The summed E-state index contributed by atoms with van der Waals surface area (Å²) in [5.41, 5.74) is 3.65. The summed E-state index contributed by atoms with van der Waals surface area (Å²) in [5.74, 6) is 0.245. The SMILES string of the molecule is CCOC(=O)c1ncc2[nH]c3cccc(OCc4ccncc4)c3c2c1COC. The number of aromatic amines is 1. The van der Waals surface area contributed by atoms with Gasteiger partial charge in [-0.25, -0.2) is 9.78 Å². The standard InChI is InChI=1S/C22H21N3O4/c1-3-28-22(26)21-15(13-27-2)19-17(11-24-21)25-16-5-4-6-18(20(16)19)29-12-14-7-9-23-10-8-14/h4-11,25H,3,12-13H2,1-2H3. The Morgan fingerprint density at radius 1 is 1.07 bits per heavy atom. The van der Waals surface area contributed by atoms with Gasteiger partial charge in [-0.1, -0.05) is 6.07 Å². The molecule has 1 N–H and O–H groups in total. The number of benzene rings is 1. The molecule has 3 aromatic heterocycles. The van der Waals surface area contributed by atoms with Crippen molar-refractivity contribution >= 4 is 27.8 Å². The third-order valence-electron chi connectivity index (χ3n) is 4.63. The number of nitrogens with one attached hydrogen (secondary N) is 1. The number of nitrogens with zero attached hydrogens (tertiary/aromatic N) is 2. The number of esters is 1. The first kappa shape index (κ1) is 18.9. The predicted octanol–water partition coefficient (Wildman–Crippen LogP) is 4.01. The van der Waals surface area contributed by atoms with E-state index in [1.165, 1.54) is 0 Å². The van der Waals surface area contributed by atoms with Gasteiger partial charge < -0.3 is 19.2 Å². The van der Waals surface area contributed by atoms with Gasteiger partial charge in [-0.2, -0.15) is 0 Å². The molecule has 0 saturated heterocycles. The highest BCUT2D eigenvalue weighted by Crippen LogP contribution is 2.36. The lowest BCUT2D eigenvalue weighted by Gasteiger charge is -2.11. The molecule has 0 spiro atoms. The van der Waals surface area contributed by atoms with E-state index < -0.39 is 5.97 Å². The van der Waals surface area contributed by atoms with E-state index in [0.717, 1.165) is 27.4 Å². The minimum atomic E-state index is -0.467. The monoisotopic (exact) mass is 391 g/mol. The second-order valence-electron chi connectivity index (χ2n) is 6.48. The van der Waals surface area contributed by atoms with Crippen molar-refractivity contribution in [1.82, 2.24) is 15.0 Å². The van der Waals surface area contributed by atoms with Crippen LogP contribution in [0.2, 0.25) is 0 Å². The van der Waals surface area contributed by atoms with E-state index >= 15 is 0 Å². The molecule has 0 aliphatic rings. The predicted molar refractivity (Wildman–Crippen MR) is 109 cm³/mol. The lowest BCUT2D eigenvalue weighted by Crippen LogP contribution is -2.11. The molecule has 1 aromatic carbocycles. The fraction of sp³-hybridized carbons (Fsp3) is 0.227. The second-order valence-corrected chi connectivity index (χ2v) is 6.48. The van der Waals surface area contributed by atoms with Crippen LogP contribution in [-0.2, 0) is 22.7 Å². The third kappa shape index (κ3) is 3.64. The number of H-pyrrole nitrogens is 1. The lowest BCUT2D eigenvalue weighted by molar-refractivity contribution is 0.0514. The molecule has 0 fully saturated rings. The Bertz CT molecular complexity index is 1160. The summed E-state index contributed by atoms with van der Waals surface area (Å²) in [4.78, 5) is 24.2. The highest BCUT2D eigenvalue weighted by molar-refractivity contribution is 6.13. The van der Waals surface area contributed by atoms with E-state index in [9.17, 15) is 4.79 Å². The van der Waals surface area contributed by atoms with Gasteiger partial charge >= 0.3 is 5.97 Å². The quantitative estimate of drug-likeness (QED) is 0.479. The fourth-order valence-corrected chi connectivity index (χ4v) is 3.39. The van der Waals surface area contributed by atoms with Crippen molar-refractivity contribution in [2.24, 2.45) is 0 Å². The number of hydrogen-bond donors (Lipinski definition) is 1. The van der Waals surface area contributed by atoms with E-state index in [4.69, 9.17) is 14.2 Å². The number of methoxy groups -OCH3 is 1. The first-order chi connectivity index (χ1) is 14.2.